The second-order valence-corrected chi connectivity index (χ2v) is 1.74. The monoisotopic (exact) mass is 133 g/mol. The van der Waals surface area contributed by atoms with Crippen molar-refractivity contribution < 1.29 is 14.6 Å². The van der Waals surface area contributed by atoms with Crippen LogP contribution in [0.25, 0.3) is 0 Å². The summed E-state index contributed by atoms with van der Waals surface area (Å²) in [5.74, 6) is -0.465. The van der Waals surface area contributed by atoms with Gasteiger partial charge in [-0.05, 0) is 6.92 Å². The predicted octanol–water partition coefficient (Wildman–Crippen LogP) is -0.783. The van der Waals surface area contributed by atoms with Crippen LogP contribution >= 0.6 is 0 Å². The molecule has 54 valence electrons. The molecule has 0 radical (unpaired) electrons. The number of carbonyl (C=O) groups is 1. The molecule has 0 bridgehead atoms. The van der Waals surface area contributed by atoms with E-state index in [-0.39, 0.29) is 13.2 Å². The molecule has 4 nitrogen and oxygen atoms in total. The lowest BCUT2D eigenvalue weighted by Gasteiger charge is -2.01. The van der Waals surface area contributed by atoms with Gasteiger partial charge in [0.1, 0.15) is 6.73 Å². The van der Waals surface area contributed by atoms with Gasteiger partial charge in [-0.1, -0.05) is 0 Å². The molecule has 0 aliphatic rings. The summed E-state index contributed by atoms with van der Waals surface area (Å²) in [6.07, 6.45) is -0.638. The number of aliphatic hydroxyl groups excluding tert-OH is 1. The van der Waals surface area contributed by atoms with E-state index in [0.717, 1.165) is 0 Å². The third-order valence-electron chi connectivity index (χ3n) is 0.706. The van der Waals surface area contributed by atoms with Crippen molar-refractivity contribution in [2.45, 2.75) is 19.4 Å². The predicted molar refractivity (Wildman–Crippen MR) is 31.4 cm³/mol. The summed E-state index contributed by atoms with van der Waals surface area (Å²) in [4.78, 5) is 10.4. The lowest BCUT2D eigenvalue weighted by molar-refractivity contribution is -0.145. The Morgan fingerprint density at radius 1 is 1.89 bits per heavy atom. The zero-order valence-corrected chi connectivity index (χ0v) is 5.33. The van der Waals surface area contributed by atoms with Crippen molar-refractivity contribution in [3.8, 4) is 0 Å². The van der Waals surface area contributed by atoms with Gasteiger partial charge >= 0.3 is 5.97 Å². The normalized spacial score (nSPS) is 12.8. The Morgan fingerprint density at radius 3 is 2.78 bits per heavy atom. The zero-order valence-electron chi connectivity index (χ0n) is 5.33. The fourth-order valence-electron chi connectivity index (χ4n) is 0.393. The van der Waals surface area contributed by atoms with Crippen LogP contribution in [0.1, 0.15) is 13.3 Å². The molecule has 3 N–H and O–H groups in total. The van der Waals surface area contributed by atoms with Crippen molar-refractivity contribution in [2.24, 2.45) is 5.73 Å². The first-order valence-corrected chi connectivity index (χ1v) is 2.70. The number of hydrogen-bond acceptors (Lipinski definition) is 4. The van der Waals surface area contributed by atoms with Crippen molar-refractivity contribution in [1.82, 2.24) is 0 Å². The summed E-state index contributed by atoms with van der Waals surface area (Å²) < 4.78 is 4.33. The molecule has 9 heavy (non-hydrogen) atoms. The fourth-order valence-corrected chi connectivity index (χ4v) is 0.393. The Hall–Kier alpha value is -0.610. The van der Waals surface area contributed by atoms with Gasteiger partial charge in [0.05, 0.1) is 12.5 Å². The van der Waals surface area contributed by atoms with Gasteiger partial charge in [-0.2, -0.15) is 0 Å². The molecule has 0 aliphatic heterocycles. The molecule has 0 aromatic rings. The molecule has 1 unspecified atom stereocenters. The summed E-state index contributed by atoms with van der Waals surface area (Å²) in [6, 6.07) is 0. The Labute approximate surface area is 53.6 Å². The number of ether oxygens (including phenoxy) is 1. The van der Waals surface area contributed by atoms with Crippen LogP contribution in [0.3, 0.4) is 0 Å². The molecule has 0 aromatic carbocycles. The zero-order chi connectivity index (χ0) is 7.28. The minimum absolute atomic E-state index is 0.0111. The van der Waals surface area contributed by atoms with E-state index in [1.165, 1.54) is 6.92 Å². The van der Waals surface area contributed by atoms with Crippen molar-refractivity contribution >= 4 is 5.97 Å². The minimum atomic E-state index is -0.649. The molecular weight excluding hydrogens is 122 g/mol. The Balaban J connectivity index is 3.27. The van der Waals surface area contributed by atoms with Crippen molar-refractivity contribution in [2.75, 3.05) is 6.73 Å². The molecule has 0 heterocycles. The maximum absolute atomic E-state index is 10.4. The van der Waals surface area contributed by atoms with Gasteiger partial charge < -0.3 is 9.84 Å². The number of nitrogens with two attached hydrogens (primary N) is 1. The number of hydrogen-bond donors (Lipinski definition) is 2. The van der Waals surface area contributed by atoms with Gasteiger partial charge in [0, 0.05) is 0 Å². The van der Waals surface area contributed by atoms with E-state index in [2.05, 4.69) is 4.74 Å². The fraction of sp³-hybridized carbons (Fsp3) is 0.800. The quantitative estimate of drug-likeness (QED) is 0.391. The highest BCUT2D eigenvalue weighted by atomic mass is 16.5. The maximum atomic E-state index is 10.4. The SMILES string of the molecule is CC(O)CC(=O)OCN. The minimum Gasteiger partial charge on any atom is -0.450 e. The molecule has 4 heteroatoms. The van der Waals surface area contributed by atoms with E-state index in [9.17, 15) is 4.79 Å². The van der Waals surface area contributed by atoms with Crippen LogP contribution in [0.5, 0.6) is 0 Å². The van der Waals surface area contributed by atoms with E-state index in [1.54, 1.807) is 0 Å². The van der Waals surface area contributed by atoms with Crippen LogP contribution < -0.4 is 5.73 Å². The summed E-state index contributed by atoms with van der Waals surface area (Å²) in [7, 11) is 0. The summed E-state index contributed by atoms with van der Waals surface area (Å²) in [6.45, 7) is 1.39. The highest BCUT2D eigenvalue weighted by Crippen LogP contribution is 1.90. The van der Waals surface area contributed by atoms with Gasteiger partial charge in [0.2, 0.25) is 0 Å². The molecule has 0 rings (SSSR count). The van der Waals surface area contributed by atoms with Crippen molar-refractivity contribution in [3.63, 3.8) is 0 Å². The standard InChI is InChI=1S/C5H11NO3/c1-4(7)2-5(8)9-3-6/h4,7H,2-3,6H2,1H3. The molecular formula is C5H11NO3. The first-order chi connectivity index (χ1) is 4.16. The molecule has 0 amide bonds. The second kappa shape index (κ2) is 4.29. The summed E-state index contributed by atoms with van der Waals surface area (Å²) in [5, 5.41) is 8.61. The molecule has 0 saturated carbocycles. The van der Waals surface area contributed by atoms with Gasteiger partial charge in [0.25, 0.3) is 0 Å². The smallest absolute Gasteiger partial charge is 0.309 e. The molecule has 0 saturated heterocycles. The molecule has 0 fully saturated rings. The number of rotatable bonds is 3. The maximum Gasteiger partial charge on any atom is 0.309 e. The highest BCUT2D eigenvalue weighted by molar-refractivity contribution is 5.69. The Morgan fingerprint density at radius 2 is 2.44 bits per heavy atom. The highest BCUT2D eigenvalue weighted by Gasteiger charge is 2.04. The third kappa shape index (κ3) is 5.26. The first-order valence-electron chi connectivity index (χ1n) is 2.70. The van der Waals surface area contributed by atoms with Crippen LogP contribution in [0, 0.1) is 0 Å². The second-order valence-electron chi connectivity index (χ2n) is 1.74. The first kappa shape index (κ1) is 8.39. The van der Waals surface area contributed by atoms with Crippen LogP contribution in [0.15, 0.2) is 0 Å². The van der Waals surface area contributed by atoms with Crippen molar-refractivity contribution in [3.05, 3.63) is 0 Å². The van der Waals surface area contributed by atoms with Crippen LogP contribution in [-0.2, 0) is 9.53 Å². The van der Waals surface area contributed by atoms with E-state index in [4.69, 9.17) is 10.8 Å². The Bertz CT molecular complexity index is 92.2. The number of aliphatic hydroxyl groups is 1. The lowest BCUT2D eigenvalue weighted by atomic mass is 10.3. The largest absolute Gasteiger partial charge is 0.450 e. The summed E-state index contributed by atoms with van der Waals surface area (Å²) in [5.41, 5.74) is 4.88. The van der Waals surface area contributed by atoms with E-state index in [1.807, 2.05) is 0 Å². The van der Waals surface area contributed by atoms with Crippen molar-refractivity contribution in [1.29, 1.82) is 0 Å². The van der Waals surface area contributed by atoms with E-state index in [0.29, 0.717) is 0 Å². The van der Waals surface area contributed by atoms with E-state index >= 15 is 0 Å². The number of carbonyl (C=O) groups excluding carboxylic acids is 1. The van der Waals surface area contributed by atoms with Gasteiger partial charge in [0.15, 0.2) is 0 Å². The van der Waals surface area contributed by atoms with Crippen LogP contribution in [-0.4, -0.2) is 23.9 Å². The summed E-state index contributed by atoms with van der Waals surface area (Å²) >= 11 is 0. The van der Waals surface area contributed by atoms with Gasteiger partial charge in [-0.3, -0.25) is 10.5 Å². The third-order valence-corrected chi connectivity index (χ3v) is 0.706. The van der Waals surface area contributed by atoms with E-state index < -0.39 is 12.1 Å². The average molecular weight is 133 g/mol. The van der Waals surface area contributed by atoms with Crippen LogP contribution in [0.2, 0.25) is 0 Å². The Kier molecular flexibility index (Phi) is 4.00. The molecule has 1 atom stereocenters. The van der Waals surface area contributed by atoms with Gasteiger partial charge in [-0.25, -0.2) is 0 Å². The molecule has 0 spiro atoms. The molecule has 0 aliphatic carbocycles. The topological polar surface area (TPSA) is 72.5 Å². The molecule has 0 aromatic heterocycles. The van der Waals surface area contributed by atoms with Gasteiger partial charge in [-0.15, -0.1) is 0 Å². The lowest BCUT2D eigenvalue weighted by Crippen LogP contribution is -2.16. The number of esters is 1. The average Bonchev–Trinajstić information content (AvgIpc) is 1.63. The van der Waals surface area contributed by atoms with Crippen LogP contribution in [0.4, 0.5) is 0 Å².